The first-order chi connectivity index (χ1) is 9.20. The van der Waals surface area contributed by atoms with Crippen LogP contribution < -0.4 is 10.9 Å². The van der Waals surface area contributed by atoms with E-state index in [1.54, 1.807) is 4.68 Å². The van der Waals surface area contributed by atoms with Gasteiger partial charge in [0.2, 0.25) is 6.41 Å². The molecule has 2 rings (SSSR count). The maximum atomic E-state index is 12.4. The zero-order valence-electron chi connectivity index (χ0n) is 11.1. The van der Waals surface area contributed by atoms with E-state index in [1.807, 2.05) is 48.9 Å². The van der Waals surface area contributed by atoms with Crippen LogP contribution in [0.15, 0.2) is 35.1 Å². The molecule has 19 heavy (non-hydrogen) atoms. The van der Waals surface area contributed by atoms with Crippen LogP contribution in [0.2, 0.25) is 0 Å². The average molecular weight is 259 g/mol. The number of nitrogens with one attached hydrogen (secondary N) is 1. The maximum absolute atomic E-state index is 12.4. The smallest absolute Gasteiger partial charge is 0.295 e. The van der Waals surface area contributed by atoms with Crippen molar-refractivity contribution in [1.29, 1.82) is 0 Å². The van der Waals surface area contributed by atoms with E-state index in [4.69, 9.17) is 0 Å². The highest BCUT2D eigenvalue weighted by Crippen LogP contribution is 2.15. The van der Waals surface area contributed by atoms with Crippen LogP contribution in [0.5, 0.6) is 0 Å². The Kier molecular flexibility index (Phi) is 3.85. The zero-order chi connectivity index (χ0) is 13.8. The van der Waals surface area contributed by atoms with Gasteiger partial charge < -0.3 is 5.32 Å². The van der Waals surface area contributed by atoms with E-state index in [1.165, 1.54) is 0 Å². The number of nitrogens with zero attached hydrogens (tertiary/aromatic N) is 2. The molecule has 0 spiro atoms. The summed E-state index contributed by atoms with van der Waals surface area (Å²) < 4.78 is 3.49. The van der Waals surface area contributed by atoms with E-state index in [0.29, 0.717) is 12.1 Å². The molecule has 0 saturated heterocycles. The van der Waals surface area contributed by atoms with Crippen LogP contribution in [0.1, 0.15) is 19.0 Å². The molecule has 0 atom stereocenters. The summed E-state index contributed by atoms with van der Waals surface area (Å²) in [5.41, 5.74) is 1.70. The lowest BCUT2D eigenvalue weighted by Gasteiger charge is -2.12. The van der Waals surface area contributed by atoms with Crippen molar-refractivity contribution < 1.29 is 4.79 Å². The van der Waals surface area contributed by atoms with Crippen LogP contribution in [-0.4, -0.2) is 15.8 Å². The Labute approximate surface area is 111 Å². The maximum Gasteiger partial charge on any atom is 0.295 e. The molecular formula is C14H17N3O2. The van der Waals surface area contributed by atoms with Gasteiger partial charge in [0.05, 0.1) is 11.4 Å². The SMILES string of the molecule is CCCn1c(C)c(NC=O)c(=O)n1-c1ccccc1. The molecule has 0 saturated carbocycles. The molecule has 1 heterocycles. The Morgan fingerprint density at radius 3 is 2.53 bits per heavy atom. The molecule has 1 aromatic carbocycles. The molecule has 0 aliphatic heterocycles. The lowest BCUT2D eigenvalue weighted by atomic mass is 10.3. The van der Waals surface area contributed by atoms with Crippen molar-refractivity contribution in [1.82, 2.24) is 9.36 Å². The largest absolute Gasteiger partial charge is 0.323 e. The van der Waals surface area contributed by atoms with Gasteiger partial charge in [0, 0.05) is 6.54 Å². The van der Waals surface area contributed by atoms with Crippen LogP contribution in [0, 0.1) is 6.92 Å². The van der Waals surface area contributed by atoms with Crippen molar-refractivity contribution in [2.75, 3.05) is 5.32 Å². The Morgan fingerprint density at radius 2 is 1.95 bits per heavy atom. The summed E-state index contributed by atoms with van der Waals surface area (Å²) in [6, 6.07) is 9.41. The number of benzene rings is 1. The summed E-state index contributed by atoms with van der Waals surface area (Å²) >= 11 is 0. The number of amides is 1. The molecule has 0 aliphatic rings. The van der Waals surface area contributed by atoms with E-state index < -0.39 is 0 Å². The Balaban J connectivity index is 2.68. The molecule has 2 aromatic rings. The minimum absolute atomic E-state index is 0.204. The Bertz CT molecular complexity index is 626. The van der Waals surface area contributed by atoms with Crippen LogP contribution in [-0.2, 0) is 11.3 Å². The Morgan fingerprint density at radius 1 is 1.26 bits per heavy atom. The summed E-state index contributed by atoms with van der Waals surface area (Å²) in [4.78, 5) is 23.0. The number of hydrogen-bond donors (Lipinski definition) is 1. The molecule has 5 nitrogen and oxygen atoms in total. The summed E-state index contributed by atoms with van der Waals surface area (Å²) in [6.07, 6.45) is 1.44. The summed E-state index contributed by atoms with van der Waals surface area (Å²) in [5.74, 6) is 0. The molecule has 0 aliphatic carbocycles. The molecule has 0 radical (unpaired) electrons. The number of rotatable bonds is 5. The lowest BCUT2D eigenvalue weighted by Crippen LogP contribution is -2.22. The van der Waals surface area contributed by atoms with Gasteiger partial charge in [-0.15, -0.1) is 0 Å². The number of anilines is 1. The highest BCUT2D eigenvalue weighted by Gasteiger charge is 2.16. The van der Waals surface area contributed by atoms with Gasteiger partial charge in [-0.05, 0) is 25.5 Å². The van der Waals surface area contributed by atoms with Crippen molar-refractivity contribution in [3.8, 4) is 5.69 Å². The quantitative estimate of drug-likeness (QED) is 0.834. The average Bonchev–Trinajstić information content (AvgIpc) is 2.65. The van der Waals surface area contributed by atoms with Gasteiger partial charge >= 0.3 is 0 Å². The normalized spacial score (nSPS) is 10.4. The van der Waals surface area contributed by atoms with E-state index in [0.717, 1.165) is 24.3 Å². The van der Waals surface area contributed by atoms with E-state index in [-0.39, 0.29) is 5.56 Å². The summed E-state index contributed by atoms with van der Waals surface area (Å²) in [6.45, 7) is 4.60. The van der Waals surface area contributed by atoms with Crippen molar-refractivity contribution in [3.63, 3.8) is 0 Å². The van der Waals surface area contributed by atoms with Gasteiger partial charge in [-0.25, -0.2) is 4.68 Å². The fourth-order valence-corrected chi connectivity index (χ4v) is 2.18. The molecule has 1 N–H and O–H groups in total. The second kappa shape index (κ2) is 5.56. The van der Waals surface area contributed by atoms with Gasteiger partial charge in [0.25, 0.3) is 5.56 Å². The predicted octanol–water partition coefficient (Wildman–Crippen LogP) is 1.93. The minimum Gasteiger partial charge on any atom is -0.323 e. The van der Waals surface area contributed by atoms with Gasteiger partial charge in [-0.1, -0.05) is 25.1 Å². The third-order valence-corrected chi connectivity index (χ3v) is 3.04. The Hall–Kier alpha value is -2.30. The number of carbonyl (C=O) groups is 1. The molecule has 0 unspecified atom stereocenters. The first-order valence-corrected chi connectivity index (χ1v) is 6.28. The van der Waals surface area contributed by atoms with Gasteiger partial charge in [0.1, 0.15) is 5.69 Å². The zero-order valence-corrected chi connectivity index (χ0v) is 11.1. The van der Waals surface area contributed by atoms with Crippen molar-refractivity contribution in [2.24, 2.45) is 0 Å². The summed E-state index contributed by atoms with van der Waals surface area (Å²) in [5, 5.41) is 2.50. The third kappa shape index (κ3) is 2.31. The lowest BCUT2D eigenvalue weighted by molar-refractivity contribution is -0.105. The van der Waals surface area contributed by atoms with Crippen LogP contribution in [0.25, 0.3) is 5.69 Å². The van der Waals surface area contributed by atoms with E-state index >= 15 is 0 Å². The fourth-order valence-electron chi connectivity index (χ4n) is 2.18. The molecule has 5 heteroatoms. The highest BCUT2D eigenvalue weighted by atomic mass is 16.1. The fraction of sp³-hybridized carbons (Fsp3) is 0.286. The van der Waals surface area contributed by atoms with Crippen molar-refractivity contribution >= 4 is 12.1 Å². The highest BCUT2D eigenvalue weighted by molar-refractivity contribution is 5.72. The number of aromatic nitrogens is 2. The van der Waals surface area contributed by atoms with E-state index in [9.17, 15) is 9.59 Å². The molecule has 0 fully saturated rings. The monoisotopic (exact) mass is 259 g/mol. The van der Waals surface area contributed by atoms with Crippen LogP contribution >= 0.6 is 0 Å². The molecule has 1 amide bonds. The number of hydrogen-bond acceptors (Lipinski definition) is 2. The third-order valence-electron chi connectivity index (χ3n) is 3.04. The minimum atomic E-state index is -0.204. The first-order valence-electron chi connectivity index (χ1n) is 6.28. The molecule has 100 valence electrons. The summed E-state index contributed by atoms with van der Waals surface area (Å²) in [7, 11) is 0. The second-order valence-electron chi connectivity index (χ2n) is 4.30. The second-order valence-corrected chi connectivity index (χ2v) is 4.30. The molecule has 1 aromatic heterocycles. The topological polar surface area (TPSA) is 56.0 Å². The van der Waals surface area contributed by atoms with Gasteiger partial charge in [-0.3, -0.25) is 14.3 Å². The van der Waals surface area contributed by atoms with Crippen molar-refractivity contribution in [2.45, 2.75) is 26.8 Å². The van der Waals surface area contributed by atoms with Crippen molar-refractivity contribution in [3.05, 3.63) is 46.4 Å². The number of para-hydroxylation sites is 1. The molecular weight excluding hydrogens is 242 g/mol. The van der Waals surface area contributed by atoms with Gasteiger partial charge in [-0.2, -0.15) is 0 Å². The van der Waals surface area contributed by atoms with Crippen LogP contribution in [0.3, 0.4) is 0 Å². The van der Waals surface area contributed by atoms with Crippen LogP contribution in [0.4, 0.5) is 5.69 Å². The standard InChI is InChI=1S/C14H17N3O2/c1-3-9-16-11(2)13(15-10-18)14(19)17(16)12-7-5-4-6-8-12/h4-8,10H,3,9H2,1-2H3,(H,15,18). The molecule has 0 bridgehead atoms. The van der Waals surface area contributed by atoms with E-state index in [2.05, 4.69) is 5.32 Å². The first kappa shape index (κ1) is 13.1. The van der Waals surface area contributed by atoms with Gasteiger partial charge in [0.15, 0.2) is 0 Å². The number of carbonyl (C=O) groups excluding carboxylic acids is 1. The predicted molar refractivity (Wildman–Crippen MR) is 74.7 cm³/mol.